The summed E-state index contributed by atoms with van der Waals surface area (Å²) in [6.07, 6.45) is 1.76. The highest BCUT2D eigenvalue weighted by molar-refractivity contribution is 7.13. The second kappa shape index (κ2) is 7.36. The van der Waals surface area contributed by atoms with E-state index in [1.165, 1.54) is 23.5 Å². The number of hydrogen-bond donors (Lipinski definition) is 0. The molecule has 0 N–H and O–H groups in total. The van der Waals surface area contributed by atoms with Gasteiger partial charge < -0.3 is 9.47 Å². The fourth-order valence-electron chi connectivity index (χ4n) is 3.51. The Kier molecular flexibility index (Phi) is 4.92. The fourth-order valence-corrected chi connectivity index (χ4v) is 4.40. The number of amides is 1. The predicted molar refractivity (Wildman–Crippen MR) is 104 cm³/mol. The van der Waals surface area contributed by atoms with E-state index in [1.807, 2.05) is 18.7 Å². The zero-order chi connectivity index (χ0) is 19.0. The molecule has 8 heteroatoms. The van der Waals surface area contributed by atoms with Crippen LogP contribution in [0.2, 0.25) is 0 Å². The summed E-state index contributed by atoms with van der Waals surface area (Å²) < 4.78 is 15.3. The second-order valence-corrected chi connectivity index (χ2v) is 8.06. The SMILES string of the molecule is Cc1nc(C)c(C(=O)N2CCN(CCn3cnc4cc(F)ccc43)CC2)s1. The van der Waals surface area contributed by atoms with E-state index in [1.54, 1.807) is 12.4 Å². The minimum absolute atomic E-state index is 0.0976. The highest BCUT2D eigenvalue weighted by Crippen LogP contribution is 2.20. The lowest BCUT2D eigenvalue weighted by Crippen LogP contribution is -2.49. The number of hydrogen-bond acceptors (Lipinski definition) is 5. The van der Waals surface area contributed by atoms with Gasteiger partial charge in [0, 0.05) is 45.3 Å². The number of carbonyl (C=O) groups excluding carboxylic acids is 1. The molecule has 6 nitrogen and oxygen atoms in total. The molecule has 1 fully saturated rings. The molecule has 0 saturated carbocycles. The molecule has 0 bridgehead atoms. The van der Waals surface area contributed by atoms with Gasteiger partial charge in [-0.3, -0.25) is 9.69 Å². The van der Waals surface area contributed by atoms with Crippen molar-refractivity contribution in [1.82, 2.24) is 24.3 Å². The molecule has 27 heavy (non-hydrogen) atoms. The third-order valence-electron chi connectivity index (χ3n) is 5.00. The number of rotatable bonds is 4. The van der Waals surface area contributed by atoms with E-state index in [2.05, 4.69) is 19.4 Å². The number of aromatic nitrogens is 3. The number of benzene rings is 1. The Bertz CT molecular complexity index is 974. The van der Waals surface area contributed by atoms with Crippen LogP contribution in [0.3, 0.4) is 0 Å². The smallest absolute Gasteiger partial charge is 0.265 e. The summed E-state index contributed by atoms with van der Waals surface area (Å²) in [4.78, 5) is 26.4. The molecular formula is C19H22FN5OS. The number of halogens is 1. The van der Waals surface area contributed by atoms with E-state index in [4.69, 9.17) is 0 Å². The standard InChI is InChI=1S/C19H22FN5OS/c1-13-18(27-14(2)22-13)19(26)24-8-5-23(6-9-24)7-10-25-12-21-16-11-15(20)3-4-17(16)25/h3-4,11-12H,5-10H2,1-2H3. The van der Waals surface area contributed by atoms with Crippen molar-refractivity contribution < 1.29 is 9.18 Å². The van der Waals surface area contributed by atoms with Gasteiger partial charge in [-0.1, -0.05) is 0 Å². The molecule has 1 aliphatic rings. The molecule has 1 aliphatic heterocycles. The zero-order valence-corrected chi connectivity index (χ0v) is 16.3. The molecule has 4 rings (SSSR count). The van der Waals surface area contributed by atoms with Crippen molar-refractivity contribution in [3.8, 4) is 0 Å². The molecular weight excluding hydrogens is 365 g/mol. The Balaban J connectivity index is 1.33. The summed E-state index contributed by atoms with van der Waals surface area (Å²) in [5.74, 6) is -0.166. The molecule has 0 atom stereocenters. The fraction of sp³-hybridized carbons (Fsp3) is 0.421. The summed E-state index contributed by atoms with van der Waals surface area (Å²) in [6.45, 7) is 8.66. The van der Waals surface area contributed by atoms with E-state index in [9.17, 15) is 9.18 Å². The van der Waals surface area contributed by atoms with Crippen LogP contribution in [0, 0.1) is 19.7 Å². The number of carbonyl (C=O) groups is 1. The summed E-state index contributed by atoms with van der Waals surface area (Å²) in [5, 5.41) is 0.932. The van der Waals surface area contributed by atoms with E-state index in [0.29, 0.717) is 5.52 Å². The van der Waals surface area contributed by atoms with Crippen LogP contribution < -0.4 is 0 Å². The van der Waals surface area contributed by atoms with Gasteiger partial charge in [-0.25, -0.2) is 14.4 Å². The van der Waals surface area contributed by atoms with Crippen LogP contribution in [0.1, 0.15) is 20.4 Å². The van der Waals surface area contributed by atoms with Crippen LogP contribution in [-0.2, 0) is 6.54 Å². The Morgan fingerprint density at radius 3 is 2.67 bits per heavy atom. The summed E-state index contributed by atoms with van der Waals surface area (Å²) >= 11 is 1.47. The van der Waals surface area contributed by atoms with Crippen molar-refractivity contribution >= 4 is 28.3 Å². The maximum atomic E-state index is 13.3. The summed E-state index contributed by atoms with van der Waals surface area (Å²) in [7, 11) is 0. The Labute approximate surface area is 161 Å². The monoisotopic (exact) mass is 387 g/mol. The van der Waals surface area contributed by atoms with Crippen LogP contribution in [0.4, 0.5) is 4.39 Å². The molecule has 1 aromatic carbocycles. The lowest BCUT2D eigenvalue weighted by atomic mass is 10.2. The Morgan fingerprint density at radius 1 is 1.19 bits per heavy atom. The van der Waals surface area contributed by atoms with Gasteiger partial charge in [-0.15, -0.1) is 11.3 Å². The second-order valence-electron chi connectivity index (χ2n) is 6.85. The maximum Gasteiger partial charge on any atom is 0.265 e. The van der Waals surface area contributed by atoms with Gasteiger partial charge in [0.2, 0.25) is 0 Å². The summed E-state index contributed by atoms with van der Waals surface area (Å²) in [6, 6.07) is 4.70. The van der Waals surface area contributed by atoms with Crippen molar-refractivity contribution in [2.75, 3.05) is 32.7 Å². The Morgan fingerprint density at radius 2 is 1.96 bits per heavy atom. The minimum atomic E-state index is -0.264. The number of piperazine rings is 1. The van der Waals surface area contributed by atoms with Crippen molar-refractivity contribution in [3.05, 3.63) is 45.9 Å². The number of thiazole rings is 1. The van der Waals surface area contributed by atoms with Crippen molar-refractivity contribution in [1.29, 1.82) is 0 Å². The van der Waals surface area contributed by atoms with Crippen LogP contribution >= 0.6 is 11.3 Å². The lowest BCUT2D eigenvalue weighted by Gasteiger charge is -2.34. The van der Waals surface area contributed by atoms with E-state index < -0.39 is 0 Å². The number of nitrogens with zero attached hydrogens (tertiary/aromatic N) is 5. The topological polar surface area (TPSA) is 54.3 Å². The molecule has 2 aromatic heterocycles. The molecule has 1 saturated heterocycles. The molecule has 0 radical (unpaired) electrons. The molecule has 3 aromatic rings. The molecule has 0 spiro atoms. The molecule has 142 valence electrons. The van der Waals surface area contributed by atoms with Crippen LogP contribution in [-0.4, -0.2) is 63.0 Å². The van der Waals surface area contributed by atoms with E-state index in [-0.39, 0.29) is 11.7 Å². The maximum absolute atomic E-state index is 13.3. The molecule has 3 heterocycles. The summed E-state index contributed by atoms with van der Waals surface area (Å²) in [5.41, 5.74) is 2.45. The highest BCUT2D eigenvalue weighted by atomic mass is 32.1. The quantitative estimate of drug-likeness (QED) is 0.691. The Hall–Kier alpha value is -2.32. The van der Waals surface area contributed by atoms with Gasteiger partial charge >= 0.3 is 0 Å². The van der Waals surface area contributed by atoms with Crippen molar-refractivity contribution in [2.45, 2.75) is 20.4 Å². The van der Waals surface area contributed by atoms with Gasteiger partial charge in [-0.05, 0) is 26.0 Å². The van der Waals surface area contributed by atoms with E-state index in [0.717, 1.165) is 60.4 Å². The van der Waals surface area contributed by atoms with Crippen LogP contribution in [0.25, 0.3) is 11.0 Å². The number of imidazole rings is 1. The van der Waals surface area contributed by atoms with Crippen molar-refractivity contribution in [2.24, 2.45) is 0 Å². The average Bonchev–Trinajstić information content (AvgIpc) is 3.21. The molecule has 1 amide bonds. The average molecular weight is 387 g/mol. The first-order chi connectivity index (χ1) is 13.0. The molecule has 0 aliphatic carbocycles. The van der Waals surface area contributed by atoms with Gasteiger partial charge in [0.05, 0.1) is 28.1 Å². The first-order valence-electron chi connectivity index (χ1n) is 9.07. The lowest BCUT2D eigenvalue weighted by molar-refractivity contribution is 0.0637. The number of fused-ring (bicyclic) bond motifs is 1. The van der Waals surface area contributed by atoms with Crippen LogP contribution in [0.5, 0.6) is 0 Å². The zero-order valence-electron chi connectivity index (χ0n) is 15.5. The van der Waals surface area contributed by atoms with Gasteiger partial charge in [0.1, 0.15) is 10.7 Å². The van der Waals surface area contributed by atoms with Gasteiger partial charge in [0.15, 0.2) is 0 Å². The first kappa shape index (κ1) is 18.1. The first-order valence-corrected chi connectivity index (χ1v) is 9.89. The van der Waals surface area contributed by atoms with Gasteiger partial charge in [0.25, 0.3) is 5.91 Å². The minimum Gasteiger partial charge on any atom is -0.335 e. The van der Waals surface area contributed by atoms with Crippen LogP contribution in [0.15, 0.2) is 24.5 Å². The van der Waals surface area contributed by atoms with E-state index >= 15 is 0 Å². The normalized spacial score (nSPS) is 15.6. The number of aryl methyl sites for hydroxylation is 2. The third-order valence-corrected chi connectivity index (χ3v) is 6.06. The largest absolute Gasteiger partial charge is 0.335 e. The third kappa shape index (κ3) is 3.72. The predicted octanol–water partition coefficient (Wildman–Crippen LogP) is 2.71. The van der Waals surface area contributed by atoms with Gasteiger partial charge in [-0.2, -0.15) is 0 Å². The van der Waals surface area contributed by atoms with Crippen molar-refractivity contribution in [3.63, 3.8) is 0 Å². The highest BCUT2D eigenvalue weighted by Gasteiger charge is 2.24. The molecule has 0 unspecified atom stereocenters.